The molecule has 1 aliphatic carbocycles. The van der Waals surface area contributed by atoms with Gasteiger partial charge in [0.05, 0.1) is 5.41 Å². The highest BCUT2D eigenvalue weighted by atomic mass is 16.2. The smallest absolute Gasteiger partial charge is 0.233 e. The van der Waals surface area contributed by atoms with Gasteiger partial charge in [-0.15, -0.1) is 0 Å². The van der Waals surface area contributed by atoms with Crippen molar-refractivity contribution >= 4 is 17.5 Å². The third-order valence-electron chi connectivity index (χ3n) is 5.02. The average Bonchev–Trinajstić information content (AvgIpc) is 2.48. The lowest BCUT2D eigenvalue weighted by Crippen LogP contribution is -2.52. The zero-order chi connectivity index (χ0) is 15.6. The van der Waals surface area contributed by atoms with Crippen molar-refractivity contribution < 1.29 is 9.59 Å². The molecule has 4 heteroatoms. The van der Waals surface area contributed by atoms with Crippen LogP contribution in [0, 0.1) is 0 Å². The van der Waals surface area contributed by atoms with E-state index >= 15 is 0 Å². The van der Waals surface area contributed by atoms with Gasteiger partial charge in [0.25, 0.3) is 0 Å². The second-order valence-electron chi connectivity index (χ2n) is 6.55. The van der Waals surface area contributed by atoms with Crippen molar-refractivity contribution in [2.75, 3.05) is 18.4 Å². The second kappa shape index (κ2) is 6.11. The van der Waals surface area contributed by atoms with Crippen LogP contribution in [0.25, 0.3) is 0 Å². The van der Waals surface area contributed by atoms with E-state index in [2.05, 4.69) is 10.2 Å². The number of piperidine rings is 1. The maximum Gasteiger partial charge on any atom is 0.233 e. The van der Waals surface area contributed by atoms with Crippen LogP contribution in [0.5, 0.6) is 0 Å². The van der Waals surface area contributed by atoms with Crippen LogP contribution < -0.4 is 5.32 Å². The van der Waals surface area contributed by atoms with Gasteiger partial charge in [-0.25, -0.2) is 0 Å². The van der Waals surface area contributed by atoms with Crippen molar-refractivity contribution in [3.05, 3.63) is 29.8 Å². The summed E-state index contributed by atoms with van der Waals surface area (Å²) in [6, 6.07) is 7.82. The van der Waals surface area contributed by atoms with Gasteiger partial charge in [-0.3, -0.25) is 9.59 Å². The Balaban J connectivity index is 1.80. The molecule has 0 aromatic heterocycles. The van der Waals surface area contributed by atoms with E-state index in [0.717, 1.165) is 56.4 Å². The van der Waals surface area contributed by atoms with Gasteiger partial charge in [-0.2, -0.15) is 0 Å². The normalized spacial score (nSPS) is 20.1. The fraction of sp³-hybridized carbons (Fsp3) is 0.556. The molecule has 1 heterocycles. The number of carbonyl (C=O) groups excluding carboxylic acids is 2. The van der Waals surface area contributed by atoms with Crippen LogP contribution in [-0.4, -0.2) is 29.8 Å². The zero-order valence-corrected chi connectivity index (χ0v) is 13.2. The first kappa shape index (κ1) is 15.1. The van der Waals surface area contributed by atoms with Gasteiger partial charge in [-0.1, -0.05) is 18.6 Å². The fourth-order valence-electron chi connectivity index (χ4n) is 3.63. The summed E-state index contributed by atoms with van der Waals surface area (Å²) in [5.41, 5.74) is 1.58. The Kier molecular flexibility index (Phi) is 4.19. The zero-order valence-electron chi connectivity index (χ0n) is 13.2. The standard InChI is InChI=1S/C18H24N2O2/c1-14(21)19-16-8-6-15(7-9-16)18(10-5-11-18)17(22)20-12-3-2-4-13-20/h6-9H,2-5,10-13H2,1H3,(H,19,21). The molecule has 0 bridgehead atoms. The van der Waals surface area contributed by atoms with E-state index in [1.807, 2.05) is 24.3 Å². The molecule has 22 heavy (non-hydrogen) atoms. The van der Waals surface area contributed by atoms with Gasteiger partial charge in [0.2, 0.25) is 11.8 Å². The van der Waals surface area contributed by atoms with Crippen LogP contribution in [0.4, 0.5) is 5.69 Å². The molecule has 1 aromatic carbocycles. The van der Waals surface area contributed by atoms with Crippen LogP contribution >= 0.6 is 0 Å². The lowest BCUT2D eigenvalue weighted by Gasteiger charge is -2.45. The number of nitrogens with zero attached hydrogens (tertiary/aromatic N) is 1. The van der Waals surface area contributed by atoms with Crippen LogP contribution in [0.3, 0.4) is 0 Å². The number of amides is 2. The Morgan fingerprint density at radius 1 is 1.00 bits per heavy atom. The molecular weight excluding hydrogens is 276 g/mol. The first-order valence-electron chi connectivity index (χ1n) is 8.29. The number of nitrogens with one attached hydrogen (secondary N) is 1. The summed E-state index contributed by atoms with van der Waals surface area (Å²) in [6.45, 7) is 3.32. The molecule has 0 atom stereocenters. The molecule has 3 rings (SSSR count). The molecule has 1 saturated heterocycles. The first-order valence-corrected chi connectivity index (χ1v) is 8.29. The minimum Gasteiger partial charge on any atom is -0.342 e. The number of benzene rings is 1. The molecule has 0 radical (unpaired) electrons. The van der Waals surface area contributed by atoms with Crippen molar-refractivity contribution in [1.29, 1.82) is 0 Å². The predicted molar refractivity (Wildman–Crippen MR) is 86.7 cm³/mol. The van der Waals surface area contributed by atoms with Crippen molar-refractivity contribution in [2.24, 2.45) is 0 Å². The Hall–Kier alpha value is -1.84. The van der Waals surface area contributed by atoms with Gasteiger partial charge in [0.1, 0.15) is 0 Å². The van der Waals surface area contributed by atoms with Gasteiger partial charge in [0.15, 0.2) is 0 Å². The predicted octanol–water partition coefficient (Wildman–Crippen LogP) is 3.08. The van der Waals surface area contributed by atoms with E-state index in [9.17, 15) is 9.59 Å². The lowest BCUT2D eigenvalue weighted by molar-refractivity contribution is -0.141. The topological polar surface area (TPSA) is 49.4 Å². The molecule has 4 nitrogen and oxygen atoms in total. The highest BCUT2D eigenvalue weighted by Crippen LogP contribution is 2.45. The number of hydrogen-bond donors (Lipinski definition) is 1. The molecule has 1 aromatic rings. The molecule has 1 aliphatic heterocycles. The fourth-order valence-corrected chi connectivity index (χ4v) is 3.63. The van der Waals surface area contributed by atoms with E-state index in [4.69, 9.17) is 0 Å². The van der Waals surface area contributed by atoms with E-state index in [0.29, 0.717) is 5.91 Å². The number of anilines is 1. The Labute approximate surface area is 131 Å². The van der Waals surface area contributed by atoms with E-state index in [1.54, 1.807) is 0 Å². The molecular formula is C18H24N2O2. The molecule has 1 N–H and O–H groups in total. The second-order valence-corrected chi connectivity index (χ2v) is 6.55. The molecule has 1 saturated carbocycles. The van der Waals surface area contributed by atoms with Crippen LogP contribution in [-0.2, 0) is 15.0 Å². The highest BCUT2D eigenvalue weighted by molar-refractivity contribution is 5.90. The summed E-state index contributed by atoms with van der Waals surface area (Å²) in [4.78, 5) is 26.2. The molecule has 2 amide bonds. The van der Waals surface area contributed by atoms with E-state index < -0.39 is 0 Å². The quantitative estimate of drug-likeness (QED) is 0.932. The van der Waals surface area contributed by atoms with Gasteiger partial charge in [-0.05, 0) is 49.8 Å². The molecule has 0 spiro atoms. The number of likely N-dealkylation sites (tertiary alicyclic amines) is 1. The summed E-state index contributed by atoms with van der Waals surface area (Å²) >= 11 is 0. The summed E-state index contributed by atoms with van der Waals surface area (Å²) < 4.78 is 0. The van der Waals surface area contributed by atoms with Gasteiger partial charge in [0, 0.05) is 25.7 Å². The summed E-state index contributed by atoms with van der Waals surface area (Å²) in [5.74, 6) is 0.237. The van der Waals surface area contributed by atoms with Gasteiger partial charge >= 0.3 is 0 Å². The molecule has 2 aliphatic rings. The van der Waals surface area contributed by atoms with Crippen molar-refractivity contribution in [2.45, 2.75) is 50.9 Å². The Morgan fingerprint density at radius 2 is 1.64 bits per heavy atom. The van der Waals surface area contributed by atoms with Crippen molar-refractivity contribution in [3.8, 4) is 0 Å². The Bertz CT molecular complexity index is 555. The summed E-state index contributed by atoms with van der Waals surface area (Å²) in [6.07, 6.45) is 6.51. The molecule has 118 valence electrons. The third kappa shape index (κ3) is 2.74. The third-order valence-corrected chi connectivity index (χ3v) is 5.02. The average molecular weight is 300 g/mol. The number of carbonyl (C=O) groups is 2. The van der Waals surface area contributed by atoms with Crippen LogP contribution in [0.15, 0.2) is 24.3 Å². The highest BCUT2D eigenvalue weighted by Gasteiger charge is 2.47. The SMILES string of the molecule is CC(=O)Nc1ccc(C2(C(=O)N3CCCCC3)CCC2)cc1. The monoisotopic (exact) mass is 300 g/mol. The Morgan fingerprint density at radius 3 is 2.14 bits per heavy atom. The van der Waals surface area contributed by atoms with E-state index in [1.165, 1.54) is 13.3 Å². The van der Waals surface area contributed by atoms with Crippen molar-refractivity contribution in [3.63, 3.8) is 0 Å². The van der Waals surface area contributed by atoms with E-state index in [-0.39, 0.29) is 11.3 Å². The minimum atomic E-state index is -0.313. The number of rotatable bonds is 3. The minimum absolute atomic E-state index is 0.0736. The lowest BCUT2D eigenvalue weighted by atomic mass is 9.63. The van der Waals surface area contributed by atoms with Crippen molar-refractivity contribution in [1.82, 2.24) is 4.90 Å². The maximum absolute atomic E-state index is 13.0. The number of hydrogen-bond acceptors (Lipinski definition) is 2. The maximum atomic E-state index is 13.0. The molecule has 0 unspecified atom stereocenters. The summed E-state index contributed by atoms with van der Waals surface area (Å²) in [5, 5.41) is 2.78. The first-order chi connectivity index (χ1) is 10.6. The van der Waals surface area contributed by atoms with Crippen LogP contribution in [0.1, 0.15) is 51.0 Å². The van der Waals surface area contributed by atoms with Gasteiger partial charge < -0.3 is 10.2 Å². The van der Waals surface area contributed by atoms with Crippen LogP contribution in [0.2, 0.25) is 0 Å². The largest absolute Gasteiger partial charge is 0.342 e. The summed E-state index contributed by atoms with van der Waals surface area (Å²) in [7, 11) is 0. The molecule has 2 fully saturated rings.